The maximum atomic E-state index is 9.09. The molecule has 1 aliphatic carbocycles. The fraction of sp³-hybridized carbons (Fsp3) is 1.00. The van der Waals surface area contributed by atoms with Crippen LogP contribution < -0.4 is 0 Å². The molecule has 1 fully saturated rings. The SMILES string of the molecule is CC(O)COC1(C(C)C)CCC1. The first-order valence-electron chi connectivity index (χ1n) is 4.89. The standard InChI is InChI=1S/C10H20O2/c1-8(2)10(5-4-6-10)12-7-9(3)11/h8-9,11H,4-7H2,1-3H3. The number of hydrogen-bond donors (Lipinski definition) is 1. The summed E-state index contributed by atoms with van der Waals surface area (Å²) in [6.07, 6.45) is 3.27. The van der Waals surface area contributed by atoms with Crippen LogP contribution in [0.5, 0.6) is 0 Å². The molecule has 0 heterocycles. The normalized spacial score (nSPS) is 23.8. The van der Waals surface area contributed by atoms with Gasteiger partial charge in [0.25, 0.3) is 0 Å². The molecule has 0 aliphatic heterocycles. The lowest BCUT2D eigenvalue weighted by Gasteiger charge is -2.45. The fourth-order valence-corrected chi connectivity index (χ4v) is 1.70. The maximum Gasteiger partial charge on any atom is 0.0745 e. The summed E-state index contributed by atoms with van der Waals surface area (Å²) in [6, 6.07) is 0. The zero-order valence-electron chi connectivity index (χ0n) is 8.34. The molecule has 1 unspecified atom stereocenters. The van der Waals surface area contributed by atoms with Crippen LogP contribution in [0.1, 0.15) is 40.0 Å². The zero-order chi connectivity index (χ0) is 9.19. The van der Waals surface area contributed by atoms with Crippen LogP contribution in [-0.2, 0) is 4.74 Å². The van der Waals surface area contributed by atoms with Crippen LogP contribution in [0.2, 0.25) is 0 Å². The summed E-state index contributed by atoms with van der Waals surface area (Å²) in [5.41, 5.74) is 0.0942. The Balaban J connectivity index is 2.35. The second-order valence-corrected chi connectivity index (χ2v) is 4.23. The molecule has 0 spiro atoms. The first-order valence-corrected chi connectivity index (χ1v) is 4.89. The van der Waals surface area contributed by atoms with Gasteiger partial charge in [-0.25, -0.2) is 0 Å². The van der Waals surface area contributed by atoms with Gasteiger partial charge < -0.3 is 9.84 Å². The molecule has 0 bridgehead atoms. The van der Waals surface area contributed by atoms with E-state index < -0.39 is 0 Å². The lowest BCUT2D eigenvalue weighted by molar-refractivity contribution is -0.147. The summed E-state index contributed by atoms with van der Waals surface area (Å²) in [7, 11) is 0. The van der Waals surface area contributed by atoms with Gasteiger partial charge >= 0.3 is 0 Å². The highest BCUT2D eigenvalue weighted by molar-refractivity contribution is 4.92. The van der Waals surface area contributed by atoms with Crippen LogP contribution in [0.3, 0.4) is 0 Å². The van der Waals surface area contributed by atoms with Crippen molar-refractivity contribution in [2.75, 3.05) is 6.61 Å². The molecular formula is C10H20O2. The van der Waals surface area contributed by atoms with E-state index in [2.05, 4.69) is 13.8 Å². The fourth-order valence-electron chi connectivity index (χ4n) is 1.70. The minimum absolute atomic E-state index is 0.0942. The average molecular weight is 172 g/mol. The topological polar surface area (TPSA) is 29.5 Å². The van der Waals surface area contributed by atoms with Crippen LogP contribution in [-0.4, -0.2) is 23.4 Å². The lowest BCUT2D eigenvalue weighted by atomic mass is 9.72. The Hall–Kier alpha value is -0.0800. The number of hydrogen-bond acceptors (Lipinski definition) is 2. The van der Waals surface area contributed by atoms with Crippen molar-refractivity contribution in [2.24, 2.45) is 5.92 Å². The minimum atomic E-state index is -0.332. The number of aliphatic hydroxyl groups is 1. The maximum absolute atomic E-state index is 9.09. The third-order valence-corrected chi connectivity index (χ3v) is 2.86. The van der Waals surface area contributed by atoms with E-state index in [0.717, 1.165) is 12.8 Å². The highest BCUT2D eigenvalue weighted by Crippen LogP contribution is 2.41. The van der Waals surface area contributed by atoms with Crippen molar-refractivity contribution in [1.29, 1.82) is 0 Å². The van der Waals surface area contributed by atoms with E-state index in [1.807, 2.05) is 0 Å². The molecule has 0 saturated heterocycles. The molecule has 1 rings (SSSR count). The Morgan fingerprint density at radius 3 is 2.17 bits per heavy atom. The van der Waals surface area contributed by atoms with E-state index in [1.165, 1.54) is 6.42 Å². The second-order valence-electron chi connectivity index (χ2n) is 4.23. The molecule has 2 nitrogen and oxygen atoms in total. The summed E-state index contributed by atoms with van der Waals surface area (Å²) in [5, 5.41) is 9.09. The number of ether oxygens (including phenoxy) is 1. The minimum Gasteiger partial charge on any atom is -0.391 e. The van der Waals surface area contributed by atoms with Crippen molar-refractivity contribution < 1.29 is 9.84 Å². The third kappa shape index (κ3) is 1.99. The first kappa shape index (κ1) is 10.0. The summed E-state index contributed by atoms with van der Waals surface area (Å²) < 4.78 is 5.74. The molecule has 0 aromatic heterocycles. The van der Waals surface area contributed by atoms with Gasteiger partial charge in [-0.1, -0.05) is 13.8 Å². The molecule has 1 saturated carbocycles. The Kier molecular flexibility index (Phi) is 3.13. The number of aliphatic hydroxyl groups excluding tert-OH is 1. The monoisotopic (exact) mass is 172 g/mol. The van der Waals surface area contributed by atoms with Crippen LogP contribution >= 0.6 is 0 Å². The van der Waals surface area contributed by atoms with Crippen molar-refractivity contribution in [1.82, 2.24) is 0 Å². The van der Waals surface area contributed by atoms with Gasteiger partial charge in [0.15, 0.2) is 0 Å². The largest absolute Gasteiger partial charge is 0.391 e. The first-order chi connectivity index (χ1) is 5.57. The molecule has 0 aromatic rings. The van der Waals surface area contributed by atoms with E-state index >= 15 is 0 Å². The van der Waals surface area contributed by atoms with Crippen LogP contribution in [0.4, 0.5) is 0 Å². The molecule has 12 heavy (non-hydrogen) atoms. The Bertz CT molecular complexity index is 137. The predicted molar refractivity (Wildman–Crippen MR) is 49.1 cm³/mol. The highest BCUT2D eigenvalue weighted by Gasteiger charge is 2.40. The molecule has 1 aliphatic rings. The van der Waals surface area contributed by atoms with Crippen molar-refractivity contribution in [2.45, 2.75) is 51.7 Å². The van der Waals surface area contributed by atoms with E-state index in [0.29, 0.717) is 12.5 Å². The summed E-state index contributed by atoms with van der Waals surface area (Å²) in [5.74, 6) is 0.574. The van der Waals surface area contributed by atoms with E-state index in [9.17, 15) is 0 Å². The predicted octanol–water partition coefficient (Wildman–Crippen LogP) is 1.96. The van der Waals surface area contributed by atoms with Crippen molar-refractivity contribution in [3.05, 3.63) is 0 Å². The highest BCUT2D eigenvalue weighted by atomic mass is 16.5. The summed E-state index contributed by atoms with van der Waals surface area (Å²) in [6.45, 7) is 6.65. The van der Waals surface area contributed by atoms with Crippen LogP contribution in [0.25, 0.3) is 0 Å². The smallest absolute Gasteiger partial charge is 0.0745 e. The quantitative estimate of drug-likeness (QED) is 0.702. The van der Waals surface area contributed by atoms with E-state index in [1.54, 1.807) is 6.92 Å². The Labute approximate surface area is 74.9 Å². The van der Waals surface area contributed by atoms with Crippen molar-refractivity contribution >= 4 is 0 Å². The molecular weight excluding hydrogens is 152 g/mol. The van der Waals surface area contributed by atoms with E-state index in [4.69, 9.17) is 9.84 Å². The molecule has 72 valence electrons. The van der Waals surface area contributed by atoms with Gasteiger partial charge in [0.1, 0.15) is 0 Å². The summed E-state index contributed by atoms with van der Waals surface area (Å²) >= 11 is 0. The zero-order valence-corrected chi connectivity index (χ0v) is 8.34. The number of rotatable bonds is 4. The van der Waals surface area contributed by atoms with Crippen LogP contribution in [0.15, 0.2) is 0 Å². The molecule has 1 atom stereocenters. The lowest BCUT2D eigenvalue weighted by Crippen LogP contribution is -2.46. The molecule has 0 aromatic carbocycles. The van der Waals surface area contributed by atoms with Gasteiger partial charge in [-0.3, -0.25) is 0 Å². The third-order valence-electron chi connectivity index (χ3n) is 2.86. The average Bonchev–Trinajstić information content (AvgIpc) is 1.83. The van der Waals surface area contributed by atoms with Gasteiger partial charge in [0.2, 0.25) is 0 Å². The Morgan fingerprint density at radius 2 is 1.92 bits per heavy atom. The van der Waals surface area contributed by atoms with Crippen molar-refractivity contribution in [3.63, 3.8) is 0 Å². The van der Waals surface area contributed by atoms with Gasteiger partial charge in [0, 0.05) is 0 Å². The second kappa shape index (κ2) is 3.75. The van der Waals surface area contributed by atoms with Gasteiger partial charge in [-0.15, -0.1) is 0 Å². The van der Waals surface area contributed by atoms with Gasteiger partial charge in [-0.05, 0) is 32.1 Å². The Morgan fingerprint density at radius 1 is 1.33 bits per heavy atom. The molecule has 0 amide bonds. The molecule has 1 N–H and O–H groups in total. The van der Waals surface area contributed by atoms with Gasteiger partial charge in [-0.2, -0.15) is 0 Å². The molecule has 0 radical (unpaired) electrons. The molecule has 2 heteroatoms. The summed E-state index contributed by atoms with van der Waals surface area (Å²) in [4.78, 5) is 0. The van der Waals surface area contributed by atoms with Gasteiger partial charge in [0.05, 0.1) is 18.3 Å². The van der Waals surface area contributed by atoms with Crippen LogP contribution in [0, 0.1) is 5.92 Å². The van der Waals surface area contributed by atoms with E-state index in [-0.39, 0.29) is 11.7 Å². The van der Waals surface area contributed by atoms with Crippen molar-refractivity contribution in [3.8, 4) is 0 Å².